The summed E-state index contributed by atoms with van der Waals surface area (Å²) in [7, 11) is 0. The predicted octanol–water partition coefficient (Wildman–Crippen LogP) is 1.95. The molecule has 0 spiro atoms. The first-order valence-electron chi connectivity index (χ1n) is 19.7. The van der Waals surface area contributed by atoms with E-state index in [0.717, 1.165) is 0 Å². The quantitative estimate of drug-likeness (QED) is 0.267. The first-order valence-corrected chi connectivity index (χ1v) is 19.7. The maximum atomic E-state index is 13.9. The van der Waals surface area contributed by atoms with Crippen LogP contribution in [-0.2, 0) is 28.8 Å². The van der Waals surface area contributed by atoms with Crippen LogP contribution in [0.1, 0.15) is 0 Å². The van der Waals surface area contributed by atoms with Gasteiger partial charge >= 0.3 is 0 Å². The van der Waals surface area contributed by atoms with Crippen molar-refractivity contribution >= 4 is 35.4 Å². The topological polar surface area (TPSA) is 115 Å². The fraction of sp³-hybridized carbons (Fsp3) is 0.571. The van der Waals surface area contributed by atoms with Gasteiger partial charge in [0.2, 0.25) is 35.4 Å². The van der Waals surface area contributed by atoms with Crippen molar-refractivity contribution in [3.8, 4) is 0 Å². The molecule has 10 nitrogen and oxygen atoms in total. The highest BCUT2D eigenvalue weighted by Crippen LogP contribution is 2.61. The van der Waals surface area contributed by atoms with Gasteiger partial charge in [-0.2, -0.15) is 0 Å². The molecule has 52 heavy (non-hydrogen) atoms. The van der Waals surface area contributed by atoms with Gasteiger partial charge in [0.25, 0.3) is 0 Å². The largest absolute Gasteiger partial charge is 0.298 e. The highest BCUT2D eigenvalue weighted by atomic mass is 16.2. The summed E-state index contributed by atoms with van der Waals surface area (Å²) in [5.74, 6) is -0.252. The number of nitrogens with zero attached hydrogens (tertiary/aromatic N) is 4. The van der Waals surface area contributed by atoms with Crippen LogP contribution in [0.5, 0.6) is 0 Å². The first-order chi connectivity index (χ1) is 25.3. The number of likely N-dealkylation sites (tertiary alicyclic amines) is 3. The summed E-state index contributed by atoms with van der Waals surface area (Å²) in [6.45, 7) is 1.58. The van der Waals surface area contributed by atoms with E-state index in [1.165, 1.54) is 14.7 Å². The Morgan fingerprint density at radius 2 is 0.481 bits per heavy atom. The van der Waals surface area contributed by atoms with Gasteiger partial charge in [0.05, 0.1) is 35.5 Å². The van der Waals surface area contributed by atoms with E-state index in [4.69, 9.17) is 0 Å². The molecule has 3 aliphatic heterocycles. The fourth-order valence-electron chi connectivity index (χ4n) is 13.6. The Balaban J connectivity index is 0.777. The molecular weight excluding hydrogens is 656 g/mol. The molecule has 6 bridgehead atoms. The highest BCUT2D eigenvalue weighted by molar-refractivity contribution is 6.07. The molecule has 3 heterocycles. The zero-order valence-corrected chi connectivity index (χ0v) is 28.8. The number of amides is 6. The Bertz CT molecular complexity index is 1620. The Morgan fingerprint density at radius 1 is 0.308 bits per heavy atom. The monoisotopic (exact) mass is 698 g/mol. The van der Waals surface area contributed by atoms with Crippen LogP contribution in [0.15, 0.2) is 72.9 Å². The second kappa shape index (κ2) is 10.3. The number of hydrogen-bond donors (Lipinski definition) is 0. The summed E-state index contributed by atoms with van der Waals surface area (Å²) in [5, 5.41) is 0. The molecule has 15 rings (SSSR count). The SMILES string of the molecule is O=C1C2C3C=CC(C2C(=O)N1CCN(CCN1C(=O)C2C4C=CC(C2C1=O)[C@H]1C=CC41)CCN1C(=O)C2C4C=CC(C2C1=O)[C@H]1C=CC41)[C@@H]1C=CC31. The van der Waals surface area contributed by atoms with Crippen LogP contribution in [0, 0.1) is 107 Å². The third kappa shape index (κ3) is 3.56. The lowest BCUT2D eigenvalue weighted by Crippen LogP contribution is -2.50. The number of rotatable bonds is 9. The van der Waals surface area contributed by atoms with E-state index in [1.807, 2.05) is 4.90 Å². The molecule has 3 saturated carbocycles. The van der Waals surface area contributed by atoms with Gasteiger partial charge in [-0.15, -0.1) is 0 Å². The minimum absolute atomic E-state index is 0.0550. The molecule has 10 heteroatoms. The molecule has 0 aromatic heterocycles. The molecule has 0 radical (unpaired) electrons. The van der Waals surface area contributed by atoms with Crippen molar-refractivity contribution < 1.29 is 28.8 Å². The molecule has 15 aliphatic rings. The van der Waals surface area contributed by atoms with Gasteiger partial charge in [-0.1, -0.05) is 72.9 Å². The summed E-state index contributed by atoms with van der Waals surface area (Å²) in [5.41, 5.74) is 0. The normalized spacial score (nSPS) is 49.4. The first kappa shape index (κ1) is 30.3. The molecule has 18 atom stereocenters. The minimum Gasteiger partial charge on any atom is -0.298 e. The standard InChI is InChI=1S/C42H42N4O6/c47-37-31-25-7-8-26(20-2-1-19(20)25)32(31)38(48)44(37)16-13-43(14-17-45-39(49)33-27-9-10-28(34(33)40(45)50)22-4-3-21(22)27)15-18-46-41(51)35-29-11-12-30(36(35)42(46)52)24-6-5-23(24)29/h1-12,19-36H,13-18H2/t19-,20?,21-,22?,23+,24?,25?,26?,27?,28?,29?,30?,31?,32?,33?,34?,35?,36?/m0/s1. The van der Waals surface area contributed by atoms with E-state index in [1.54, 1.807) is 0 Å². The molecule has 0 aromatic carbocycles. The second-order valence-corrected chi connectivity index (χ2v) is 17.7. The third-order valence-electron chi connectivity index (χ3n) is 16.2. The lowest BCUT2D eigenvalue weighted by atomic mass is 9.50. The van der Waals surface area contributed by atoms with E-state index in [-0.39, 0.29) is 126 Å². The van der Waals surface area contributed by atoms with Crippen molar-refractivity contribution in [2.45, 2.75) is 0 Å². The molecule has 266 valence electrons. The van der Waals surface area contributed by atoms with Crippen LogP contribution in [0.2, 0.25) is 0 Å². The van der Waals surface area contributed by atoms with Crippen LogP contribution >= 0.6 is 0 Å². The number of allylic oxidation sites excluding steroid dienone is 12. The number of carbonyl (C=O) groups excluding carboxylic acids is 6. The predicted molar refractivity (Wildman–Crippen MR) is 184 cm³/mol. The highest BCUT2D eigenvalue weighted by Gasteiger charge is 2.65. The Labute approximate surface area is 302 Å². The van der Waals surface area contributed by atoms with Crippen molar-refractivity contribution in [2.24, 2.45) is 107 Å². The van der Waals surface area contributed by atoms with Crippen LogP contribution in [-0.4, -0.2) is 94.3 Å². The maximum Gasteiger partial charge on any atom is 0.233 e. The van der Waals surface area contributed by atoms with Crippen LogP contribution < -0.4 is 0 Å². The average molecular weight is 699 g/mol. The molecule has 12 aliphatic carbocycles. The van der Waals surface area contributed by atoms with Crippen LogP contribution in [0.3, 0.4) is 0 Å². The van der Waals surface area contributed by atoms with E-state index < -0.39 is 0 Å². The number of carbonyl (C=O) groups is 6. The zero-order chi connectivity index (χ0) is 34.9. The third-order valence-corrected chi connectivity index (χ3v) is 16.2. The van der Waals surface area contributed by atoms with Crippen molar-refractivity contribution in [3.63, 3.8) is 0 Å². The van der Waals surface area contributed by atoms with Gasteiger partial charge in [0, 0.05) is 39.3 Å². The van der Waals surface area contributed by atoms with E-state index in [0.29, 0.717) is 55.1 Å². The van der Waals surface area contributed by atoms with Crippen molar-refractivity contribution in [2.75, 3.05) is 39.3 Å². The molecule has 15 unspecified atom stereocenters. The van der Waals surface area contributed by atoms with Crippen molar-refractivity contribution in [1.82, 2.24) is 19.6 Å². The Kier molecular flexibility index (Phi) is 5.99. The summed E-state index contributed by atoms with van der Waals surface area (Å²) in [6.07, 6.45) is 26.0. The molecule has 3 saturated heterocycles. The van der Waals surface area contributed by atoms with Crippen LogP contribution in [0.25, 0.3) is 0 Å². The lowest BCUT2D eigenvalue weighted by Gasteiger charge is -2.51. The maximum absolute atomic E-state index is 13.9. The van der Waals surface area contributed by atoms with E-state index in [2.05, 4.69) is 72.9 Å². The molecule has 0 aromatic rings. The smallest absolute Gasteiger partial charge is 0.233 e. The molecule has 6 amide bonds. The number of hydrogen-bond acceptors (Lipinski definition) is 7. The average Bonchev–Trinajstić information content (AvgIpc) is 3.61. The molecule has 0 N–H and O–H groups in total. The summed E-state index contributed by atoms with van der Waals surface area (Å²) in [6, 6.07) is 0. The summed E-state index contributed by atoms with van der Waals surface area (Å²) < 4.78 is 0. The lowest BCUT2D eigenvalue weighted by molar-refractivity contribution is -0.141. The Hall–Kier alpha value is -4.18. The van der Waals surface area contributed by atoms with Gasteiger partial charge in [-0.3, -0.25) is 48.4 Å². The zero-order valence-electron chi connectivity index (χ0n) is 28.8. The van der Waals surface area contributed by atoms with E-state index in [9.17, 15) is 28.8 Å². The van der Waals surface area contributed by atoms with Crippen molar-refractivity contribution in [3.05, 3.63) is 72.9 Å². The fourth-order valence-corrected chi connectivity index (χ4v) is 13.6. The van der Waals surface area contributed by atoms with Gasteiger partial charge < -0.3 is 0 Å². The number of imide groups is 3. The van der Waals surface area contributed by atoms with Gasteiger partial charge in [-0.25, -0.2) is 0 Å². The molecule has 6 fully saturated rings. The Morgan fingerprint density at radius 3 is 0.654 bits per heavy atom. The van der Waals surface area contributed by atoms with Gasteiger partial charge in [0.1, 0.15) is 0 Å². The van der Waals surface area contributed by atoms with Gasteiger partial charge in [-0.05, 0) is 71.0 Å². The summed E-state index contributed by atoms with van der Waals surface area (Å²) in [4.78, 5) is 89.7. The summed E-state index contributed by atoms with van der Waals surface area (Å²) >= 11 is 0. The van der Waals surface area contributed by atoms with Crippen molar-refractivity contribution in [1.29, 1.82) is 0 Å². The molecular formula is C42H42N4O6. The van der Waals surface area contributed by atoms with Crippen LogP contribution in [0.4, 0.5) is 0 Å². The second-order valence-electron chi connectivity index (χ2n) is 17.7. The van der Waals surface area contributed by atoms with Gasteiger partial charge in [0.15, 0.2) is 0 Å². The minimum atomic E-state index is -0.323. The van der Waals surface area contributed by atoms with E-state index >= 15 is 0 Å².